The van der Waals surface area contributed by atoms with Crippen LogP contribution in [0.3, 0.4) is 0 Å². The zero-order valence-corrected chi connectivity index (χ0v) is 12.9. The molecule has 0 aliphatic rings. The summed E-state index contributed by atoms with van der Waals surface area (Å²) in [6.07, 6.45) is 0.509. The highest BCUT2D eigenvalue weighted by molar-refractivity contribution is 7.09. The monoisotopic (exact) mass is 325 g/mol. The third-order valence-corrected chi connectivity index (χ3v) is 3.87. The number of ether oxygens (including phenoxy) is 1. The highest BCUT2D eigenvalue weighted by atomic mass is 35.5. The molecule has 1 heterocycles. The Morgan fingerprint density at radius 2 is 2.10 bits per heavy atom. The van der Waals surface area contributed by atoms with Crippen molar-refractivity contribution in [2.24, 2.45) is 0 Å². The fourth-order valence-corrected chi connectivity index (χ4v) is 2.43. The Morgan fingerprint density at radius 1 is 1.43 bits per heavy atom. The zero-order chi connectivity index (χ0) is 15.4. The summed E-state index contributed by atoms with van der Waals surface area (Å²) in [5.41, 5.74) is 0.802. The summed E-state index contributed by atoms with van der Waals surface area (Å²) in [6.45, 7) is 0. The van der Waals surface area contributed by atoms with Crippen molar-refractivity contribution in [1.82, 2.24) is 9.36 Å². The SMILES string of the molecule is COC(=O)C(C=O)N(C)c1nc(-c2ccc(Cl)cc2)ns1. The van der Waals surface area contributed by atoms with Crippen LogP contribution >= 0.6 is 23.1 Å². The van der Waals surface area contributed by atoms with Crippen LogP contribution in [0.25, 0.3) is 11.4 Å². The molecule has 0 radical (unpaired) electrons. The minimum atomic E-state index is -1.04. The van der Waals surface area contributed by atoms with E-state index in [0.717, 1.165) is 17.1 Å². The fraction of sp³-hybridized carbons (Fsp3) is 0.231. The van der Waals surface area contributed by atoms with E-state index in [-0.39, 0.29) is 0 Å². The predicted molar refractivity (Wildman–Crippen MR) is 80.6 cm³/mol. The van der Waals surface area contributed by atoms with E-state index in [1.165, 1.54) is 12.0 Å². The van der Waals surface area contributed by atoms with Crippen molar-refractivity contribution in [2.45, 2.75) is 6.04 Å². The van der Waals surface area contributed by atoms with Crippen molar-refractivity contribution >= 4 is 40.5 Å². The second kappa shape index (κ2) is 6.64. The van der Waals surface area contributed by atoms with Crippen LogP contribution < -0.4 is 4.90 Å². The van der Waals surface area contributed by atoms with Crippen molar-refractivity contribution < 1.29 is 14.3 Å². The number of aldehydes is 1. The number of anilines is 1. The first kappa shape index (κ1) is 15.4. The first-order valence-electron chi connectivity index (χ1n) is 5.92. The molecule has 0 aliphatic heterocycles. The van der Waals surface area contributed by atoms with Crippen LogP contribution in [0.15, 0.2) is 24.3 Å². The smallest absolute Gasteiger partial charge is 0.336 e. The quantitative estimate of drug-likeness (QED) is 0.476. The molecule has 1 unspecified atom stereocenters. The molecule has 0 N–H and O–H groups in total. The lowest BCUT2D eigenvalue weighted by molar-refractivity contribution is -0.143. The van der Waals surface area contributed by atoms with Gasteiger partial charge in [0.05, 0.1) is 7.11 Å². The van der Waals surface area contributed by atoms with Gasteiger partial charge >= 0.3 is 5.97 Å². The van der Waals surface area contributed by atoms with Gasteiger partial charge in [-0.2, -0.15) is 9.36 Å². The molecule has 21 heavy (non-hydrogen) atoms. The van der Waals surface area contributed by atoms with Gasteiger partial charge in [-0.3, -0.25) is 0 Å². The van der Waals surface area contributed by atoms with Gasteiger partial charge in [-0.05, 0) is 24.3 Å². The lowest BCUT2D eigenvalue weighted by Crippen LogP contribution is -2.40. The average Bonchev–Trinajstić information content (AvgIpc) is 2.98. The van der Waals surface area contributed by atoms with Crippen LogP contribution in [0.5, 0.6) is 0 Å². The van der Waals surface area contributed by atoms with E-state index < -0.39 is 12.0 Å². The summed E-state index contributed by atoms with van der Waals surface area (Å²) in [5.74, 6) is -0.135. The Labute approximate surface area is 130 Å². The number of benzene rings is 1. The van der Waals surface area contributed by atoms with E-state index in [0.29, 0.717) is 22.3 Å². The summed E-state index contributed by atoms with van der Waals surface area (Å²) < 4.78 is 8.80. The summed E-state index contributed by atoms with van der Waals surface area (Å²) in [5, 5.41) is 1.07. The maximum absolute atomic E-state index is 11.5. The van der Waals surface area contributed by atoms with Crippen LogP contribution in [0, 0.1) is 0 Å². The first-order chi connectivity index (χ1) is 10.1. The summed E-state index contributed by atoms with van der Waals surface area (Å²) in [7, 11) is 2.81. The van der Waals surface area contributed by atoms with E-state index >= 15 is 0 Å². The predicted octanol–water partition coefficient (Wildman–Crippen LogP) is 2.04. The Hall–Kier alpha value is -1.99. The molecule has 0 aliphatic carbocycles. The van der Waals surface area contributed by atoms with Crippen molar-refractivity contribution in [3.63, 3.8) is 0 Å². The number of nitrogens with zero attached hydrogens (tertiary/aromatic N) is 3. The van der Waals surface area contributed by atoms with Crippen molar-refractivity contribution in [1.29, 1.82) is 0 Å². The molecule has 1 aromatic carbocycles. The minimum Gasteiger partial charge on any atom is -0.467 e. The van der Waals surface area contributed by atoms with Crippen molar-refractivity contribution in [2.75, 3.05) is 19.1 Å². The van der Waals surface area contributed by atoms with Gasteiger partial charge in [-0.1, -0.05) is 11.6 Å². The second-order valence-electron chi connectivity index (χ2n) is 4.12. The zero-order valence-electron chi connectivity index (χ0n) is 11.3. The molecule has 0 bridgehead atoms. The van der Waals surface area contributed by atoms with Gasteiger partial charge in [-0.15, -0.1) is 0 Å². The molecule has 1 aromatic heterocycles. The number of methoxy groups -OCH3 is 1. The lowest BCUT2D eigenvalue weighted by atomic mass is 10.2. The van der Waals surface area contributed by atoms with Crippen LogP contribution in [0.4, 0.5) is 5.13 Å². The summed E-state index contributed by atoms with van der Waals surface area (Å²) in [6, 6.07) is 6.03. The Kier molecular flexibility index (Phi) is 4.87. The standard InChI is InChI=1S/C13H12ClN3O3S/c1-17(10(7-18)12(19)20-2)13-15-11(16-21-13)8-3-5-9(14)6-4-8/h3-7,10H,1-2H3. The molecule has 0 fully saturated rings. The van der Waals surface area contributed by atoms with Crippen molar-refractivity contribution in [3.05, 3.63) is 29.3 Å². The van der Waals surface area contributed by atoms with E-state index in [1.807, 2.05) is 0 Å². The molecule has 2 rings (SSSR count). The number of aromatic nitrogens is 2. The third-order valence-electron chi connectivity index (χ3n) is 2.81. The number of hydrogen-bond donors (Lipinski definition) is 0. The Morgan fingerprint density at radius 3 is 2.67 bits per heavy atom. The number of likely N-dealkylation sites (N-methyl/N-ethyl adjacent to an activating group) is 1. The normalized spacial score (nSPS) is 11.8. The van der Waals surface area contributed by atoms with E-state index in [1.54, 1.807) is 31.3 Å². The van der Waals surface area contributed by atoms with Crippen LogP contribution in [-0.4, -0.2) is 41.8 Å². The molecular formula is C13H12ClN3O3S. The maximum atomic E-state index is 11.5. The minimum absolute atomic E-state index is 0.447. The molecular weight excluding hydrogens is 314 g/mol. The van der Waals surface area contributed by atoms with Crippen LogP contribution in [0.1, 0.15) is 0 Å². The molecule has 2 aromatic rings. The van der Waals surface area contributed by atoms with Gasteiger partial charge in [0.1, 0.15) is 0 Å². The largest absolute Gasteiger partial charge is 0.467 e. The second-order valence-corrected chi connectivity index (χ2v) is 5.29. The summed E-state index contributed by atoms with van der Waals surface area (Å²) >= 11 is 6.92. The topological polar surface area (TPSA) is 72.4 Å². The first-order valence-corrected chi connectivity index (χ1v) is 7.07. The molecule has 6 nitrogen and oxygen atoms in total. The summed E-state index contributed by atoms with van der Waals surface area (Å²) in [4.78, 5) is 28.3. The number of halogens is 1. The Bertz CT molecular complexity index is 644. The maximum Gasteiger partial charge on any atom is 0.336 e. The Balaban J connectivity index is 2.24. The van der Waals surface area contributed by atoms with Crippen LogP contribution in [-0.2, 0) is 14.3 Å². The fourth-order valence-electron chi connectivity index (χ4n) is 1.62. The van der Waals surface area contributed by atoms with Crippen LogP contribution in [0.2, 0.25) is 5.02 Å². The third kappa shape index (κ3) is 3.37. The molecule has 0 saturated heterocycles. The number of carbonyl (C=O) groups excluding carboxylic acids is 2. The van der Waals surface area contributed by atoms with Crippen molar-refractivity contribution in [3.8, 4) is 11.4 Å². The molecule has 1 atom stereocenters. The van der Waals surface area contributed by atoms with Gasteiger partial charge < -0.3 is 14.4 Å². The highest BCUT2D eigenvalue weighted by Crippen LogP contribution is 2.25. The lowest BCUT2D eigenvalue weighted by Gasteiger charge is -2.19. The molecule has 8 heteroatoms. The molecule has 0 saturated carbocycles. The number of hydrogen-bond acceptors (Lipinski definition) is 7. The number of rotatable bonds is 5. The average molecular weight is 326 g/mol. The van der Waals surface area contributed by atoms with Gasteiger partial charge in [0.25, 0.3) is 0 Å². The highest BCUT2D eigenvalue weighted by Gasteiger charge is 2.26. The number of carbonyl (C=O) groups is 2. The van der Waals surface area contributed by atoms with Gasteiger partial charge in [0, 0.05) is 29.2 Å². The van der Waals surface area contributed by atoms with E-state index in [9.17, 15) is 9.59 Å². The van der Waals surface area contributed by atoms with Gasteiger partial charge in [-0.25, -0.2) is 4.79 Å². The van der Waals surface area contributed by atoms with E-state index in [4.69, 9.17) is 11.6 Å². The van der Waals surface area contributed by atoms with Gasteiger partial charge in [0.15, 0.2) is 18.2 Å². The molecule has 110 valence electrons. The molecule has 0 amide bonds. The van der Waals surface area contributed by atoms with E-state index in [2.05, 4.69) is 14.1 Å². The van der Waals surface area contributed by atoms with Gasteiger partial charge in [0.2, 0.25) is 5.13 Å². The number of esters is 1. The molecule has 0 spiro atoms.